The molecule has 1 aromatic rings. The maximum Gasteiger partial charge on any atom is 0.364 e. The smallest absolute Gasteiger partial charge is 0.294 e. The van der Waals surface area contributed by atoms with Crippen LogP contribution in [-0.4, -0.2) is 23.9 Å². The van der Waals surface area contributed by atoms with Crippen molar-refractivity contribution in [3.05, 3.63) is 33.8 Å². The number of carbonyl (C=O) groups is 2. The van der Waals surface area contributed by atoms with Crippen molar-refractivity contribution in [2.75, 3.05) is 0 Å². The van der Waals surface area contributed by atoms with Gasteiger partial charge in [0, 0.05) is 15.6 Å². The second-order valence-corrected chi connectivity index (χ2v) is 4.48. The van der Waals surface area contributed by atoms with Crippen molar-refractivity contribution < 1.29 is 27.2 Å². The molecule has 8 heteroatoms. The van der Waals surface area contributed by atoms with Gasteiger partial charge in [-0.1, -0.05) is 23.2 Å². The van der Waals surface area contributed by atoms with Gasteiger partial charge >= 0.3 is 12.3 Å². The summed E-state index contributed by atoms with van der Waals surface area (Å²) in [5, 5.41) is 0.118. The van der Waals surface area contributed by atoms with E-state index in [1.54, 1.807) is 0 Å². The van der Waals surface area contributed by atoms with Crippen molar-refractivity contribution in [3.8, 4) is 0 Å². The van der Waals surface area contributed by atoms with Gasteiger partial charge in [-0.15, -0.1) is 0 Å². The number of hydrogen-bond acceptors (Lipinski definition) is 2. The van der Waals surface area contributed by atoms with Crippen molar-refractivity contribution >= 4 is 34.8 Å². The molecular formula is C11H6Cl2F4O2. The Morgan fingerprint density at radius 3 is 2.00 bits per heavy atom. The third kappa shape index (κ3) is 3.91. The van der Waals surface area contributed by atoms with Crippen LogP contribution < -0.4 is 0 Å². The van der Waals surface area contributed by atoms with E-state index >= 15 is 0 Å². The Kier molecular flexibility index (Phi) is 4.92. The van der Waals surface area contributed by atoms with E-state index in [0.717, 1.165) is 12.1 Å². The van der Waals surface area contributed by atoms with E-state index in [9.17, 15) is 27.2 Å². The summed E-state index contributed by atoms with van der Waals surface area (Å²) < 4.78 is 49.2. The number of hydrogen-bond donors (Lipinski definition) is 0. The molecule has 0 heterocycles. The van der Waals surface area contributed by atoms with Gasteiger partial charge in [-0.2, -0.15) is 8.78 Å². The molecule has 0 spiro atoms. The minimum absolute atomic E-state index is 0.0592. The van der Waals surface area contributed by atoms with Crippen molar-refractivity contribution in [1.82, 2.24) is 0 Å². The SMILES string of the molecule is O=C(CC(=O)C(F)(F)C(F)F)c1cc(Cl)cc(Cl)c1. The van der Waals surface area contributed by atoms with Crippen LogP contribution in [0.2, 0.25) is 10.0 Å². The molecule has 0 aromatic heterocycles. The summed E-state index contributed by atoms with van der Waals surface area (Å²) in [5.74, 6) is -8.06. The van der Waals surface area contributed by atoms with Gasteiger partial charge in [-0.3, -0.25) is 9.59 Å². The van der Waals surface area contributed by atoms with Crippen LogP contribution in [0.5, 0.6) is 0 Å². The number of benzene rings is 1. The summed E-state index contributed by atoms with van der Waals surface area (Å²) in [4.78, 5) is 22.5. The van der Waals surface area contributed by atoms with Crippen LogP contribution in [0.1, 0.15) is 16.8 Å². The third-order valence-corrected chi connectivity index (χ3v) is 2.59. The predicted octanol–water partition coefficient (Wildman–Crippen LogP) is 4.04. The first kappa shape index (κ1) is 15.9. The van der Waals surface area contributed by atoms with Crippen LogP contribution in [0.15, 0.2) is 18.2 Å². The maximum absolute atomic E-state index is 12.7. The lowest BCUT2D eigenvalue weighted by molar-refractivity contribution is -0.166. The zero-order valence-corrected chi connectivity index (χ0v) is 10.6. The standard InChI is InChI=1S/C11H6Cl2F4O2/c12-6-1-5(2-7(13)3-6)8(18)4-9(19)11(16,17)10(14)15/h1-3,10H,4H2. The zero-order valence-electron chi connectivity index (χ0n) is 9.10. The van der Waals surface area contributed by atoms with Crippen LogP contribution in [0, 0.1) is 0 Å². The monoisotopic (exact) mass is 316 g/mol. The Bertz CT molecular complexity index is 497. The average molecular weight is 317 g/mol. The zero-order chi connectivity index (χ0) is 14.8. The fraction of sp³-hybridized carbons (Fsp3) is 0.273. The molecule has 19 heavy (non-hydrogen) atoms. The molecule has 0 saturated heterocycles. The van der Waals surface area contributed by atoms with Gasteiger partial charge in [0.2, 0.25) is 5.78 Å². The van der Waals surface area contributed by atoms with E-state index in [1.165, 1.54) is 6.07 Å². The quantitative estimate of drug-likeness (QED) is 0.467. The number of carbonyl (C=O) groups excluding carboxylic acids is 2. The second-order valence-electron chi connectivity index (χ2n) is 3.60. The minimum Gasteiger partial charge on any atom is -0.294 e. The fourth-order valence-corrected chi connectivity index (χ4v) is 1.73. The number of halogens is 6. The molecule has 1 rings (SSSR count). The third-order valence-electron chi connectivity index (χ3n) is 2.15. The average Bonchev–Trinajstić information content (AvgIpc) is 2.27. The van der Waals surface area contributed by atoms with Crippen molar-refractivity contribution in [3.63, 3.8) is 0 Å². The molecule has 0 aliphatic rings. The summed E-state index contributed by atoms with van der Waals surface area (Å²) in [6.07, 6.45) is -5.51. The van der Waals surface area contributed by atoms with Gasteiger partial charge in [-0.05, 0) is 18.2 Å². The molecule has 1 aromatic carbocycles. The Balaban J connectivity index is 2.89. The van der Waals surface area contributed by atoms with E-state index in [-0.39, 0.29) is 15.6 Å². The highest BCUT2D eigenvalue weighted by Crippen LogP contribution is 2.26. The molecule has 0 aliphatic heterocycles. The highest BCUT2D eigenvalue weighted by atomic mass is 35.5. The van der Waals surface area contributed by atoms with E-state index in [0.29, 0.717) is 0 Å². The van der Waals surface area contributed by atoms with E-state index in [2.05, 4.69) is 0 Å². The summed E-state index contributed by atoms with van der Waals surface area (Å²) >= 11 is 11.2. The van der Waals surface area contributed by atoms with Gasteiger partial charge < -0.3 is 0 Å². The Morgan fingerprint density at radius 1 is 1.11 bits per heavy atom. The first-order valence-electron chi connectivity index (χ1n) is 4.83. The lowest BCUT2D eigenvalue weighted by Gasteiger charge is -2.13. The van der Waals surface area contributed by atoms with E-state index in [1.807, 2.05) is 0 Å². The number of alkyl halides is 4. The molecule has 0 aliphatic carbocycles. The number of ketones is 2. The highest BCUT2D eigenvalue weighted by Gasteiger charge is 2.48. The molecule has 104 valence electrons. The Hall–Kier alpha value is -1.14. The first-order valence-corrected chi connectivity index (χ1v) is 5.58. The van der Waals surface area contributed by atoms with Crippen LogP contribution >= 0.6 is 23.2 Å². The van der Waals surface area contributed by atoms with Gasteiger partial charge in [-0.25, -0.2) is 8.78 Å². The van der Waals surface area contributed by atoms with Crippen LogP contribution in [0.4, 0.5) is 17.6 Å². The summed E-state index contributed by atoms with van der Waals surface area (Å²) in [5.41, 5.74) is -0.198. The number of Topliss-reactive ketones (excluding diaryl/α,β-unsaturated/α-hetero) is 2. The predicted molar refractivity (Wildman–Crippen MR) is 61.4 cm³/mol. The van der Waals surface area contributed by atoms with Crippen molar-refractivity contribution in [2.45, 2.75) is 18.8 Å². The molecule has 0 unspecified atom stereocenters. The first-order chi connectivity index (χ1) is 8.64. The Morgan fingerprint density at radius 2 is 1.58 bits per heavy atom. The molecule has 2 nitrogen and oxygen atoms in total. The molecule has 0 fully saturated rings. The summed E-state index contributed by atoms with van der Waals surface area (Å²) in [6, 6.07) is 3.49. The molecule has 0 atom stereocenters. The van der Waals surface area contributed by atoms with Gasteiger partial charge in [0.25, 0.3) is 0 Å². The van der Waals surface area contributed by atoms with Gasteiger partial charge in [0.05, 0.1) is 6.42 Å². The lowest BCUT2D eigenvalue weighted by Crippen LogP contribution is -2.37. The lowest BCUT2D eigenvalue weighted by atomic mass is 10.0. The molecule has 0 N–H and O–H groups in total. The summed E-state index contributed by atoms with van der Waals surface area (Å²) in [7, 11) is 0. The topological polar surface area (TPSA) is 34.1 Å². The largest absolute Gasteiger partial charge is 0.364 e. The Labute approximate surface area is 115 Å². The van der Waals surface area contributed by atoms with Crippen molar-refractivity contribution in [1.29, 1.82) is 0 Å². The van der Waals surface area contributed by atoms with Crippen LogP contribution in [-0.2, 0) is 4.79 Å². The van der Waals surface area contributed by atoms with E-state index < -0.39 is 30.3 Å². The molecule has 0 radical (unpaired) electrons. The van der Waals surface area contributed by atoms with Crippen LogP contribution in [0.3, 0.4) is 0 Å². The molecule has 0 amide bonds. The normalized spacial score (nSPS) is 11.7. The minimum atomic E-state index is -4.85. The van der Waals surface area contributed by atoms with E-state index in [4.69, 9.17) is 23.2 Å². The highest BCUT2D eigenvalue weighted by molar-refractivity contribution is 6.35. The molecular weight excluding hydrogens is 311 g/mol. The maximum atomic E-state index is 12.7. The molecule has 0 saturated carbocycles. The fourth-order valence-electron chi connectivity index (χ4n) is 1.20. The number of rotatable bonds is 5. The second kappa shape index (κ2) is 5.88. The van der Waals surface area contributed by atoms with Crippen molar-refractivity contribution in [2.24, 2.45) is 0 Å². The molecule has 0 bridgehead atoms. The summed E-state index contributed by atoms with van der Waals surface area (Å²) in [6.45, 7) is 0. The van der Waals surface area contributed by atoms with Gasteiger partial charge in [0.15, 0.2) is 5.78 Å². The van der Waals surface area contributed by atoms with Gasteiger partial charge in [0.1, 0.15) is 0 Å². The van der Waals surface area contributed by atoms with Crippen LogP contribution in [0.25, 0.3) is 0 Å².